The van der Waals surface area contributed by atoms with Gasteiger partial charge in [0.2, 0.25) is 0 Å². The summed E-state index contributed by atoms with van der Waals surface area (Å²) in [5.74, 6) is -1.80. The van der Waals surface area contributed by atoms with Crippen LogP contribution < -0.4 is 16.0 Å². The van der Waals surface area contributed by atoms with Crippen LogP contribution >= 0.6 is 24.0 Å². The molecule has 1 saturated heterocycles. The van der Waals surface area contributed by atoms with Gasteiger partial charge >= 0.3 is 11.9 Å². The fraction of sp³-hybridized carbons (Fsp3) is 0.240. The predicted octanol–water partition coefficient (Wildman–Crippen LogP) is 3.01. The highest BCUT2D eigenvalue weighted by Crippen LogP contribution is 2.26. The van der Waals surface area contributed by atoms with Gasteiger partial charge in [-0.3, -0.25) is 14.4 Å². The van der Waals surface area contributed by atoms with Crippen LogP contribution in [0.4, 0.5) is 5.69 Å². The first-order chi connectivity index (χ1) is 17.3. The average Bonchev–Trinajstić information content (AvgIpc) is 3.20. The van der Waals surface area contributed by atoms with E-state index in [0.29, 0.717) is 21.3 Å². The van der Waals surface area contributed by atoms with Crippen LogP contribution in [0.3, 0.4) is 0 Å². The van der Waals surface area contributed by atoms with Gasteiger partial charge in [-0.1, -0.05) is 48.2 Å². The Bertz CT molecular complexity index is 1210. The molecule has 2 amide bonds. The zero-order valence-electron chi connectivity index (χ0n) is 19.7. The summed E-state index contributed by atoms with van der Waals surface area (Å²) < 4.78 is 9.77. The maximum Gasteiger partial charge on any atom is 0.328 e. The Morgan fingerprint density at radius 2 is 1.89 bits per heavy atom. The SMILES string of the molecule is COC(=O)CC[C@@H](NC(=O)c1cccc(CNc2cccc(/C=C3\SC(=S)NC3=O)c2)c1)C(=O)OC. The van der Waals surface area contributed by atoms with E-state index in [1.807, 2.05) is 30.3 Å². The summed E-state index contributed by atoms with van der Waals surface area (Å²) in [4.78, 5) is 48.7. The van der Waals surface area contributed by atoms with Gasteiger partial charge in [0, 0.05) is 24.2 Å². The molecule has 0 bridgehead atoms. The van der Waals surface area contributed by atoms with E-state index in [4.69, 9.17) is 17.0 Å². The quantitative estimate of drug-likeness (QED) is 0.243. The lowest BCUT2D eigenvalue weighted by molar-refractivity contribution is -0.144. The van der Waals surface area contributed by atoms with E-state index in [9.17, 15) is 19.2 Å². The Morgan fingerprint density at radius 1 is 1.11 bits per heavy atom. The smallest absolute Gasteiger partial charge is 0.328 e. The number of rotatable bonds is 10. The number of anilines is 1. The van der Waals surface area contributed by atoms with Crippen molar-refractivity contribution in [2.75, 3.05) is 19.5 Å². The Hall–Kier alpha value is -3.70. The molecule has 1 fully saturated rings. The molecular weight excluding hydrogens is 502 g/mol. The minimum atomic E-state index is -0.977. The van der Waals surface area contributed by atoms with Crippen molar-refractivity contribution in [2.24, 2.45) is 0 Å². The van der Waals surface area contributed by atoms with Crippen LogP contribution in [0.5, 0.6) is 0 Å². The Morgan fingerprint density at radius 3 is 2.58 bits per heavy atom. The molecular formula is C25H25N3O6S2. The van der Waals surface area contributed by atoms with Crippen molar-refractivity contribution in [3.63, 3.8) is 0 Å². The van der Waals surface area contributed by atoms with Gasteiger partial charge in [0.15, 0.2) is 0 Å². The van der Waals surface area contributed by atoms with E-state index in [1.54, 1.807) is 24.3 Å². The minimum absolute atomic E-state index is 0.0354. The van der Waals surface area contributed by atoms with Gasteiger partial charge in [-0.25, -0.2) is 4.79 Å². The molecule has 9 nitrogen and oxygen atoms in total. The number of carbonyl (C=O) groups excluding carboxylic acids is 4. The maximum absolute atomic E-state index is 12.8. The second-order valence-electron chi connectivity index (χ2n) is 7.70. The molecule has 0 saturated carbocycles. The van der Waals surface area contributed by atoms with Gasteiger partial charge in [0.25, 0.3) is 11.8 Å². The molecule has 188 valence electrons. The number of hydrogen-bond acceptors (Lipinski definition) is 9. The lowest BCUT2D eigenvalue weighted by atomic mass is 10.1. The topological polar surface area (TPSA) is 123 Å². The lowest BCUT2D eigenvalue weighted by Crippen LogP contribution is -2.41. The molecule has 36 heavy (non-hydrogen) atoms. The van der Waals surface area contributed by atoms with Gasteiger partial charge in [-0.2, -0.15) is 0 Å². The van der Waals surface area contributed by atoms with Crippen molar-refractivity contribution >= 4 is 63.8 Å². The molecule has 0 aromatic heterocycles. The first-order valence-electron chi connectivity index (χ1n) is 10.9. The number of thiocarbonyl (C=S) groups is 1. The molecule has 11 heteroatoms. The normalized spacial score (nSPS) is 14.7. The van der Waals surface area contributed by atoms with Crippen LogP contribution in [-0.4, -0.2) is 48.3 Å². The molecule has 0 spiro atoms. The summed E-state index contributed by atoms with van der Waals surface area (Å²) in [5, 5.41) is 8.51. The monoisotopic (exact) mass is 527 g/mol. The molecule has 1 atom stereocenters. The minimum Gasteiger partial charge on any atom is -0.469 e. The van der Waals surface area contributed by atoms with E-state index in [0.717, 1.165) is 16.8 Å². The number of thioether (sulfide) groups is 1. The summed E-state index contributed by atoms with van der Waals surface area (Å²) >= 11 is 6.24. The fourth-order valence-corrected chi connectivity index (χ4v) is 4.38. The number of amides is 2. The highest BCUT2D eigenvalue weighted by atomic mass is 32.2. The van der Waals surface area contributed by atoms with Gasteiger partial charge in [-0.15, -0.1) is 0 Å². The summed E-state index contributed by atoms with van der Waals surface area (Å²) in [6.45, 7) is 0.434. The molecule has 1 heterocycles. The Balaban J connectivity index is 1.63. The van der Waals surface area contributed by atoms with Gasteiger partial charge < -0.3 is 25.4 Å². The summed E-state index contributed by atoms with van der Waals surface area (Å²) in [6.07, 6.45) is 1.80. The molecule has 0 aliphatic carbocycles. The number of ether oxygens (including phenoxy) is 2. The Kier molecular flexibility index (Phi) is 9.60. The van der Waals surface area contributed by atoms with Crippen LogP contribution in [0.1, 0.15) is 34.3 Å². The first-order valence-corrected chi connectivity index (χ1v) is 12.1. The third kappa shape index (κ3) is 7.65. The molecule has 3 rings (SSSR count). The largest absolute Gasteiger partial charge is 0.469 e. The number of nitrogens with one attached hydrogen (secondary N) is 3. The third-order valence-electron chi connectivity index (χ3n) is 5.17. The summed E-state index contributed by atoms with van der Waals surface area (Å²) in [7, 11) is 2.47. The highest BCUT2D eigenvalue weighted by molar-refractivity contribution is 8.26. The van der Waals surface area contributed by atoms with Crippen molar-refractivity contribution in [2.45, 2.75) is 25.4 Å². The van der Waals surface area contributed by atoms with E-state index in [-0.39, 0.29) is 18.7 Å². The molecule has 0 radical (unpaired) electrons. The standard InChI is InChI=1S/C25H25N3O6S2/c1-33-21(29)10-9-19(24(32)34-2)27-22(30)17-7-3-6-16(11-17)14-26-18-8-4-5-15(12-18)13-20-23(31)28-25(35)36-20/h3-8,11-13,19,26H,9-10,14H2,1-2H3,(H,27,30)(H,28,31,35)/b20-13-/t19-/m1/s1. The van der Waals surface area contributed by atoms with Gasteiger partial charge in [0.1, 0.15) is 10.4 Å². The molecule has 2 aromatic rings. The molecule has 1 aliphatic heterocycles. The average molecular weight is 528 g/mol. The van der Waals surface area contributed by atoms with E-state index in [1.165, 1.54) is 26.0 Å². The lowest BCUT2D eigenvalue weighted by Gasteiger charge is -2.16. The number of benzene rings is 2. The fourth-order valence-electron chi connectivity index (χ4n) is 3.33. The zero-order chi connectivity index (χ0) is 26.1. The third-order valence-corrected chi connectivity index (χ3v) is 6.33. The van der Waals surface area contributed by atoms with E-state index >= 15 is 0 Å². The highest BCUT2D eigenvalue weighted by Gasteiger charge is 2.24. The number of hydrogen-bond donors (Lipinski definition) is 3. The van der Waals surface area contributed by atoms with Crippen LogP contribution in [0, 0.1) is 0 Å². The van der Waals surface area contributed by atoms with Crippen LogP contribution in [0.25, 0.3) is 6.08 Å². The second kappa shape index (κ2) is 12.8. The number of esters is 2. The maximum atomic E-state index is 12.8. The summed E-state index contributed by atoms with van der Waals surface area (Å²) in [6, 6.07) is 13.5. The number of carbonyl (C=O) groups is 4. The van der Waals surface area contributed by atoms with Crippen LogP contribution in [0.15, 0.2) is 53.4 Å². The van der Waals surface area contributed by atoms with Crippen molar-refractivity contribution in [3.05, 3.63) is 70.1 Å². The van der Waals surface area contributed by atoms with Crippen molar-refractivity contribution in [3.8, 4) is 0 Å². The van der Waals surface area contributed by atoms with Crippen molar-refractivity contribution in [1.29, 1.82) is 0 Å². The Labute approximate surface area is 218 Å². The number of methoxy groups -OCH3 is 2. The predicted molar refractivity (Wildman–Crippen MR) is 141 cm³/mol. The van der Waals surface area contributed by atoms with E-state index in [2.05, 4.69) is 20.7 Å². The van der Waals surface area contributed by atoms with Gasteiger partial charge in [0.05, 0.1) is 19.1 Å². The first kappa shape index (κ1) is 26.9. The molecule has 0 unspecified atom stereocenters. The van der Waals surface area contributed by atoms with Crippen molar-refractivity contribution < 1.29 is 28.7 Å². The zero-order valence-corrected chi connectivity index (χ0v) is 21.3. The van der Waals surface area contributed by atoms with E-state index < -0.39 is 23.9 Å². The van der Waals surface area contributed by atoms with Crippen LogP contribution in [-0.2, 0) is 30.4 Å². The second-order valence-corrected chi connectivity index (χ2v) is 9.41. The van der Waals surface area contributed by atoms with Crippen LogP contribution in [0.2, 0.25) is 0 Å². The molecule has 1 aliphatic rings. The molecule has 3 N–H and O–H groups in total. The van der Waals surface area contributed by atoms with Crippen molar-refractivity contribution in [1.82, 2.24) is 10.6 Å². The molecule has 2 aromatic carbocycles. The summed E-state index contributed by atoms with van der Waals surface area (Å²) in [5.41, 5.74) is 2.88. The van der Waals surface area contributed by atoms with Gasteiger partial charge in [-0.05, 0) is 47.9 Å².